The lowest BCUT2D eigenvalue weighted by molar-refractivity contribution is -0.144. The SMILES string of the molecule is CC(C)Oc1cc(N2CCC(OCC(=O)O)CC2)ncn1. The molecule has 0 spiro atoms. The molecule has 2 rings (SSSR count). The van der Waals surface area contributed by atoms with Gasteiger partial charge in [0, 0.05) is 19.2 Å². The maximum absolute atomic E-state index is 10.5. The van der Waals surface area contributed by atoms with Crippen LogP contribution in [0.25, 0.3) is 0 Å². The minimum absolute atomic E-state index is 0.00516. The summed E-state index contributed by atoms with van der Waals surface area (Å²) in [4.78, 5) is 21.0. The Kier molecular flexibility index (Phi) is 5.32. The van der Waals surface area contributed by atoms with E-state index < -0.39 is 5.97 Å². The topological polar surface area (TPSA) is 84.8 Å². The monoisotopic (exact) mass is 295 g/mol. The Bertz CT molecular complexity index is 473. The van der Waals surface area contributed by atoms with Crippen LogP contribution >= 0.6 is 0 Å². The van der Waals surface area contributed by atoms with Gasteiger partial charge in [0.2, 0.25) is 5.88 Å². The molecule has 1 aromatic rings. The molecule has 7 heteroatoms. The van der Waals surface area contributed by atoms with Crippen molar-refractivity contribution in [3.05, 3.63) is 12.4 Å². The molecule has 1 aliphatic rings. The molecule has 1 N–H and O–H groups in total. The van der Waals surface area contributed by atoms with Crippen LogP contribution < -0.4 is 9.64 Å². The van der Waals surface area contributed by atoms with Gasteiger partial charge in [0.05, 0.1) is 12.2 Å². The summed E-state index contributed by atoms with van der Waals surface area (Å²) >= 11 is 0. The van der Waals surface area contributed by atoms with Gasteiger partial charge >= 0.3 is 5.97 Å². The number of hydrogen-bond donors (Lipinski definition) is 1. The summed E-state index contributed by atoms with van der Waals surface area (Å²) in [6.07, 6.45) is 3.16. The molecule has 7 nitrogen and oxygen atoms in total. The van der Waals surface area contributed by atoms with Crippen LogP contribution in [0.1, 0.15) is 26.7 Å². The molecule has 1 aliphatic heterocycles. The van der Waals surface area contributed by atoms with Gasteiger partial charge in [0.15, 0.2) is 0 Å². The number of aliphatic carboxylic acids is 1. The van der Waals surface area contributed by atoms with Gasteiger partial charge in [0.1, 0.15) is 18.8 Å². The lowest BCUT2D eigenvalue weighted by Gasteiger charge is -2.32. The smallest absolute Gasteiger partial charge is 0.329 e. The number of anilines is 1. The van der Waals surface area contributed by atoms with E-state index in [0.717, 1.165) is 31.7 Å². The number of hydrogen-bond acceptors (Lipinski definition) is 6. The van der Waals surface area contributed by atoms with Gasteiger partial charge in [0.25, 0.3) is 0 Å². The number of aromatic nitrogens is 2. The van der Waals surface area contributed by atoms with E-state index >= 15 is 0 Å². The van der Waals surface area contributed by atoms with E-state index in [1.807, 2.05) is 19.9 Å². The molecule has 0 bridgehead atoms. The second kappa shape index (κ2) is 7.21. The predicted octanol–water partition coefficient (Wildman–Crippen LogP) is 1.33. The van der Waals surface area contributed by atoms with Gasteiger partial charge < -0.3 is 19.5 Å². The molecule has 0 saturated carbocycles. The van der Waals surface area contributed by atoms with Crippen LogP contribution in [0.5, 0.6) is 5.88 Å². The van der Waals surface area contributed by atoms with E-state index in [1.54, 1.807) is 0 Å². The van der Waals surface area contributed by atoms with Gasteiger partial charge in [-0.3, -0.25) is 0 Å². The highest BCUT2D eigenvalue weighted by molar-refractivity contribution is 5.68. The first kappa shape index (κ1) is 15.5. The van der Waals surface area contributed by atoms with Crippen molar-refractivity contribution in [3.8, 4) is 5.88 Å². The fraction of sp³-hybridized carbons (Fsp3) is 0.643. The third kappa shape index (κ3) is 4.86. The molecular weight excluding hydrogens is 274 g/mol. The molecule has 0 aromatic carbocycles. The highest BCUT2D eigenvalue weighted by Gasteiger charge is 2.21. The summed E-state index contributed by atoms with van der Waals surface area (Å²) in [7, 11) is 0. The first-order valence-electron chi connectivity index (χ1n) is 7.11. The highest BCUT2D eigenvalue weighted by Crippen LogP contribution is 2.22. The van der Waals surface area contributed by atoms with Crippen molar-refractivity contribution in [2.45, 2.75) is 38.9 Å². The largest absolute Gasteiger partial charge is 0.480 e. The van der Waals surface area contributed by atoms with Crippen molar-refractivity contribution in [2.75, 3.05) is 24.6 Å². The van der Waals surface area contributed by atoms with Crippen molar-refractivity contribution in [2.24, 2.45) is 0 Å². The maximum atomic E-state index is 10.5. The van der Waals surface area contributed by atoms with Gasteiger partial charge in [-0.15, -0.1) is 0 Å². The standard InChI is InChI=1S/C14H21N3O4/c1-10(2)21-13-7-12(15-9-16-13)17-5-3-11(4-6-17)20-8-14(18)19/h7,9-11H,3-6,8H2,1-2H3,(H,18,19). The fourth-order valence-electron chi connectivity index (χ4n) is 2.25. The van der Waals surface area contributed by atoms with Gasteiger partial charge in [-0.2, -0.15) is 0 Å². The number of carboxylic acid groups (broad SMARTS) is 1. The fourth-order valence-corrected chi connectivity index (χ4v) is 2.25. The van der Waals surface area contributed by atoms with Crippen LogP contribution in [-0.4, -0.2) is 52.9 Å². The number of carbonyl (C=O) groups is 1. The minimum atomic E-state index is -0.927. The Morgan fingerprint density at radius 2 is 2.14 bits per heavy atom. The number of nitrogens with zero attached hydrogens (tertiary/aromatic N) is 3. The normalized spacial score (nSPS) is 16.2. The first-order valence-corrected chi connectivity index (χ1v) is 7.11. The molecule has 0 radical (unpaired) electrons. The summed E-state index contributed by atoms with van der Waals surface area (Å²) in [5.74, 6) is 0.472. The molecule has 1 saturated heterocycles. The second-order valence-corrected chi connectivity index (χ2v) is 5.27. The third-order valence-electron chi connectivity index (χ3n) is 3.19. The molecule has 0 unspecified atom stereocenters. The summed E-state index contributed by atoms with van der Waals surface area (Å²) in [5, 5.41) is 8.61. The molecular formula is C14H21N3O4. The Hall–Kier alpha value is -1.89. The Morgan fingerprint density at radius 3 is 2.76 bits per heavy atom. The van der Waals surface area contributed by atoms with Crippen molar-refractivity contribution in [1.82, 2.24) is 9.97 Å². The molecule has 0 amide bonds. The van der Waals surface area contributed by atoms with Crippen molar-refractivity contribution in [3.63, 3.8) is 0 Å². The average Bonchev–Trinajstić information content (AvgIpc) is 2.45. The molecule has 0 aliphatic carbocycles. The number of carboxylic acids is 1. The quantitative estimate of drug-likeness (QED) is 0.847. The molecule has 1 aromatic heterocycles. The summed E-state index contributed by atoms with van der Waals surface area (Å²) < 4.78 is 10.9. The van der Waals surface area contributed by atoms with E-state index in [2.05, 4.69) is 14.9 Å². The van der Waals surface area contributed by atoms with Crippen LogP contribution in [-0.2, 0) is 9.53 Å². The van der Waals surface area contributed by atoms with Crippen molar-refractivity contribution < 1.29 is 19.4 Å². The van der Waals surface area contributed by atoms with E-state index in [1.165, 1.54) is 6.33 Å². The van der Waals surface area contributed by atoms with Gasteiger partial charge in [-0.25, -0.2) is 14.8 Å². The third-order valence-corrected chi connectivity index (χ3v) is 3.19. The lowest BCUT2D eigenvalue weighted by atomic mass is 10.1. The number of ether oxygens (including phenoxy) is 2. The highest BCUT2D eigenvalue weighted by atomic mass is 16.5. The van der Waals surface area contributed by atoms with Crippen LogP contribution in [0.15, 0.2) is 12.4 Å². The molecule has 2 heterocycles. The van der Waals surface area contributed by atoms with Crippen molar-refractivity contribution in [1.29, 1.82) is 0 Å². The van der Waals surface area contributed by atoms with E-state index in [0.29, 0.717) is 5.88 Å². The Balaban J connectivity index is 1.88. The predicted molar refractivity (Wildman–Crippen MR) is 76.6 cm³/mol. The van der Waals surface area contributed by atoms with Crippen LogP contribution in [0.2, 0.25) is 0 Å². The van der Waals surface area contributed by atoms with E-state index in [9.17, 15) is 4.79 Å². The zero-order chi connectivity index (χ0) is 15.2. The zero-order valence-electron chi connectivity index (χ0n) is 12.4. The van der Waals surface area contributed by atoms with E-state index in [-0.39, 0.29) is 18.8 Å². The number of rotatable bonds is 6. The maximum Gasteiger partial charge on any atom is 0.329 e. The lowest BCUT2D eigenvalue weighted by Crippen LogP contribution is -2.38. The summed E-state index contributed by atoms with van der Waals surface area (Å²) in [6.45, 7) is 5.23. The van der Waals surface area contributed by atoms with Gasteiger partial charge in [-0.1, -0.05) is 0 Å². The Morgan fingerprint density at radius 1 is 1.43 bits per heavy atom. The molecule has 0 atom stereocenters. The summed E-state index contributed by atoms with van der Waals surface area (Å²) in [5.41, 5.74) is 0. The molecule has 116 valence electrons. The van der Waals surface area contributed by atoms with Gasteiger partial charge in [-0.05, 0) is 26.7 Å². The van der Waals surface area contributed by atoms with Crippen LogP contribution in [0, 0.1) is 0 Å². The minimum Gasteiger partial charge on any atom is -0.480 e. The zero-order valence-corrected chi connectivity index (χ0v) is 12.4. The summed E-state index contributed by atoms with van der Waals surface area (Å²) in [6, 6.07) is 1.83. The van der Waals surface area contributed by atoms with Crippen LogP contribution in [0.3, 0.4) is 0 Å². The van der Waals surface area contributed by atoms with Crippen molar-refractivity contribution >= 4 is 11.8 Å². The second-order valence-electron chi connectivity index (χ2n) is 5.27. The Labute approximate surface area is 123 Å². The average molecular weight is 295 g/mol. The van der Waals surface area contributed by atoms with Crippen LogP contribution in [0.4, 0.5) is 5.82 Å². The van der Waals surface area contributed by atoms with E-state index in [4.69, 9.17) is 14.6 Å². The molecule has 1 fully saturated rings. The first-order chi connectivity index (χ1) is 10.0. The molecule has 21 heavy (non-hydrogen) atoms. The number of piperidine rings is 1.